The Morgan fingerprint density at radius 1 is 1.21 bits per heavy atom. The van der Waals surface area contributed by atoms with Crippen molar-refractivity contribution in [3.63, 3.8) is 0 Å². The summed E-state index contributed by atoms with van der Waals surface area (Å²) in [6.07, 6.45) is 0.635. The quantitative estimate of drug-likeness (QED) is 0.901. The fourth-order valence-electron chi connectivity index (χ4n) is 2.33. The van der Waals surface area contributed by atoms with Gasteiger partial charge >= 0.3 is 0 Å². The first kappa shape index (κ1) is 12.3. The average Bonchev–Trinajstić information content (AvgIpc) is 2.70. The number of anilines is 1. The van der Waals surface area contributed by atoms with Gasteiger partial charge in [-0.2, -0.15) is 0 Å². The van der Waals surface area contributed by atoms with Crippen molar-refractivity contribution in [2.45, 2.75) is 19.4 Å². The number of benzene rings is 1. The molecular weight excluding hydrogens is 262 g/mol. The molecule has 0 aliphatic carbocycles. The van der Waals surface area contributed by atoms with Crippen LogP contribution in [0.4, 0.5) is 5.82 Å². The summed E-state index contributed by atoms with van der Waals surface area (Å²) in [4.78, 5) is 9.00. The summed E-state index contributed by atoms with van der Waals surface area (Å²) in [7, 11) is -2.88. The number of hydrogen-bond acceptors (Lipinski definition) is 5. The molecule has 5 nitrogen and oxygen atoms in total. The molecule has 0 amide bonds. The van der Waals surface area contributed by atoms with Crippen molar-refractivity contribution < 1.29 is 8.42 Å². The summed E-state index contributed by atoms with van der Waals surface area (Å²) < 4.78 is 22.9. The molecule has 1 aliphatic rings. The molecule has 6 heteroatoms. The Morgan fingerprint density at radius 2 is 1.89 bits per heavy atom. The van der Waals surface area contributed by atoms with Gasteiger partial charge in [0, 0.05) is 6.04 Å². The summed E-state index contributed by atoms with van der Waals surface area (Å²) in [6, 6.07) is 7.60. The van der Waals surface area contributed by atoms with Crippen LogP contribution in [0.15, 0.2) is 24.3 Å². The molecule has 1 fully saturated rings. The van der Waals surface area contributed by atoms with Crippen LogP contribution in [-0.4, -0.2) is 35.9 Å². The molecule has 3 rings (SSSR count). The maximum atomic E-state index is 11.5. The fourth-order valence-corrected chi connectivity index (χ4v) is 4.00. The minimum absolute atomic E-state index is 0.0563. The Bertz CT molecular complexity index is 728. The van der Waals surface area contributed by atoms with Crippen LogP contribution in [-0.2, 0) is 9.84 Å². The van der Waals surface area contributed by atoms with Crippen LogP contribution in [0.2, 0.25) is 0 Å². The second kappa shape index (κ2) is 4.45. The molecule has 2 heterocycles. The van der Waals surface area contributed by atoms with E-state index in [1.54, 1.807) is 0 Å². The van der Waals surface area contributed by atoms with Crippen molar-refractivity contribution in [3.8, 4) is 0 Å². The number of sulfone groups is 1. The number of hydrogen-bond donors (Lipinski definition) is 1. The number of rotatable bonds is 2. The second-order valence-electron chi connectivity index (χ2n) is 4.89. The van der Waals surface area contributed by atoms with E-state index in [0.29, 0.717) is 12.2 Å². The molecule has 1 aromatic carbocycles. The SMILES string of the molecule is Cc1nc2ccccc2nc1NC1CCS(=O)(=O)C1. The van der Waals surface area contributed by atoms with Crippen molar-refractivity contribution in [3.05, 3.63) is 30.0 Å². The van der Waals surface area contributed by atoms with E-state index >= 15 is 0 Å². The highest BCUT2D eigenvalue weighted by Gasteiger charge is 2.28. The van der Waals surface area contributed by atoms with E-state index in [1.165, 1.54) is 0 Å². The third-order valence-electron chi connectivity index (χ3n) is 3.32. The Balaban J connectivity index is 1.91. The maximum absolute atomic E-state index is 11.5. The van der Waals surface area contributed by atoms with E-state index in [4.69, 9.17) is 0 Å². The summed E-state index contributed by atoms with van der Waals surface area (Å²) in [5.74, 6) is 1.12. The van der Waals surface area contributed by atoms with Gasteiger partial charge < -0.3 is 5.32 Å². The fraction of sp³-hybridized carbons (Fsp3) is 0.385. The number of aromatic nitrogens is 2. The summed E-state index contributed by atoms with van der Waals surface area (Å²) in [5.41, 5.74) is 2.46. The average molecular weight is 277 g/mol. The van der Waals surface area contributed by atoms with E-state index in [9.17, 15) is 8.42 Å². The van der Waals surface area contributed by atoms with Gasteiger partial charge in [0.1, 0.15) is 5.82 Å². The van der Waals surface area contributed by atoms with Gasteiger partial charge in [0.05, 0.1) is 28.2 Å². The van der Waals surface area contributed by atoms with Crippen LogP contribution in [0.5, 0.6) is 0 Å². The smallest absolute Gasteiger partial charge is 0.152 e. The minimum Gasteiger partial charge on any atom is -0.365 e. The first-order valence-electron chi connectivity index (χ1n) is 6.24. The van der Waals surface area contributed by atoms with Gasteiger partial charge in [-0.1, -0.05) is 12.1 Å². The Labute approximate surface area is 112 Å². The van der Waals surface area contributed by atoms with E-state index in [0.717, 1.165) is 16.7 Å². The Hall–Kier alpha value is -1.69. The molecule has 2 aromatic rings. The van der Waals surface area contributed by atoms with Gasteiger partial charge in [-0.05, 0) is 25.5 Å². The Morgan fingerprint density at radius 3 is 2.53 bits per heavy atom. The van der Waals surface area contributed by atoms with Gasteiger partial charge in [0.2, 0.25) is 0 Å². The maximum Gasteiger partial charge on any atom is 0.152 e. The van der Waals surface area contributed by atoms with Gasteiger partial charge in [-0.3, -0.25) is 0 Å². The highest BCUT2D eigenvalue weighted by Crippen LogP contribution is 2.20. The highest BCUT2D eigenvalue weighted by atomic mass is 32.2. The van der Waals surface area contributed by atoms with Crippen molar-refractivity contribution in [1.82, 2.24) is 9.97 Å². The molecule has 1 N–H and O–H groups in total. The third kappa shape index (κ3) is 2.53. The molecule has 19 heavy (non-hydrogen) atoms. The molecule has 0 bridgehead atoms. The van der Waals surface area contributed by atoms with Crippen LogP contribution in [0, 0.1) is 6.92 Å². The van der Waals surface area contributed by atoms with Gasteiger partial charge in [-0.15, -0.1) is 0 Å². The normalized spacial score (nSPS) is 21.6. The van der Waals surface area contributed by atoms with Crippen LogP contribution in [0.25, 0.3) is 11.0 Å². The van der Waals surface area contributed by atoms with Crippen molar-refractivity contribution in [2.24, 2.45) is 0 Å². The van der Waals surface area contributed by atoms with E-state index < -0.39 is 9.84 Å². The standard InChI is InChI=1S/C13H15N3O2S/c1-9-13(15-10-6-7-19(17,18)8-10)16-12-5-3-2-4-11(12)14-9/h2-5,10H,6-8H2,1H3,(H,15,16). The van der Waals surface area contributed by atoms with Gasteiger partial charge in [0.25, 0.3) is 0 Å². The second-order valence-corrected chi connectivity index (χ2v) is 7.12. The molecule has 1 unspecified atom stereocenters. The van der Waals surface area contributed by atoms with Crippen molar-refractivity contribution >= 4 is 26.7 Å². The molecule has 1 saturated heterocycles. The van der Waals surface area contributed by atoms with Crippen LogP contribution in [0.3, 0.4) is 0 Å². The summed E-state index contributed by atoms with van der Waals surface area (Å²) in [6.45, 7) is 1.88. The van der Waals surface area contributed by atoms with E-state index in [1.807, 2.05) is 31.2 Å². The molecule has 0 spiro atoms. The molecule has 1 aliphatic heterocycles. The van der Waals surface area contributed by atoms with Crippen LogP contribution < -0.4 is 5.32 Å². The molecular formula is C13H15N3O2S. The predicted octanol–water partition coefficient (Wildman–Crippen LogP) is 1.54. The lowest BCUT2D eigenvalue weighted by molar-refractivity contribution is 0.602. The Kier molecular flexibility index (Phi) is 2.89. The lowest BCUT2D eigenvalue weighted by Crippen LogP contribution is -2.22. The minimum atomic E-state index is -2.88. The monoisotopic (exact) mass is 277 g/mol. The summed E-state index contributed by atoms with van der Waals surface area (Å²) >= 11 is 0. The number of para-hydroxylation sites is 2. The number of fused-ring (bicyclic) bond motifs is 1. The van der Waals surface area contributed by atoms with Gasteiger partial charge in [-0.25, -0.2) is 18.4 Å². The highest BCUT2D eigenvalue weighted by molar-refractivity contribution is 7.91. The van der Waals surface area contributed by atoms with E-state index in [-0.39, 0.29) is 17.5 Å². The van der Waals surface area contributed by atoms with Crippen molar-refractivity contribution in [2.75, 3.05) is 16.8 Å². The van der Waals surface area contributed by atoms with Crippen LogP contribution in [0.1, 0.15) is 12.1 Å². The molecule has 0 radical (unpaired) electrons. The zero-order valence-corrected chi connectivity index (χ0v) is 11.4. The first-order valence-corrected chi connectivity index (χ1v) is 8.06. The third-order valence-corrected chi connectivity index (χ3v) is 5.09. The number of aryl methyl sites for hydroxylation is 1. The lowest BCUT2D eigenvalue weighted by atomic mass is 10.2. The zero-order chi connectivity index (χ0) is 13.5. The molecule has 100 valence electrons. The molecule has 0 saturated carbocycles. The predicted molar refractivity (Wildman–Crippen MR) is 75.0 cm³/mol. The van der Waals surface area contributed by atoms with Crippen molar-refractivity contribution in [1.29, 1.82) is 0 Å². The molecule has 1 atom stereocenters. The summed E-state index contributed by atoms with van der Waals surface area (Å²) in [5, 5.41) is 3.20. The zero-order valence-electron chi connectivity index (χ0n) is 10.6. The first-order chi connectivity index (χ1) is 9.03. The largest absolute Gasteiger partial charge is 0.365 e. The van der Waals surface area contributed by atoms with E-state index in [2.05, 4.69) is 15.3 Å². The van der Waals surface area contributed by atoms with Gasteiger partial charge in [0.15, 0.2) is 9.84 Å². The number of nitrogens with zero attached hydrogens (tertiary/aromatic N) is 2. The molecule has 1 aromatic heterocycles. The number of nitrogens with one attached hydrogen (secondary N) is 1. The topological polar surface area (TPSA) is 72.0 Å². The van der Waals surface area contributed by atoms with Crippen LogP contribution >= 0.6 is 0 Å². The lowest BCUT2D eigenvalue weighted by Gasteiger charge is -2.13.